The summed E-state index contributed by atoms with van der Waals surface area (Å²) < 4.78 is 12.5. The summed E-state index contributed by atoms with van der Waals surface area (Å²) in [7, 11) is 0. The molecule has 2 aromatic carbocycles. The number of para-hydroxylation sites is 1. The molecule has 0 saturated carbocycles. The monoisotopic (exact) mass is 399 g/mol. The van der Waals surface area contributed by atoms with E-state index in [9.17, 15) is 9.59 Å². The third-order valence-corrected chi connectivity index (χ3v) is 4.75. The van der Waals surface area contributed by atoms with Crippen LogP contribution in [0.5, 0.6) is 11.5 Å². The lowest BCUT2D eigenvalue weighted by Gasteiger charge is -2.20. The molecule has 4 rings (SSSR count). The van der Waals surface area contributed by atoms with E-state index in [1.807, 2.05) is 6.07 Å². The Kier molecular flexibility index (Phi) is 5.16. The summed E-state index contributed by atoms with van der Waals surface area (Å²) in [4.78, 5) is 29.0. The Bertz CT molecular complexity index is 1100. The first-order valence-corrected chi connectivity index (χ1v) is 9.33. The van der Waals surface area contributed by atoms with Crippen molar-refractivity contribution in [3.63, 3.8) is 0 Å². The first kappa shape index (κ1) is 18.3. The summed E-state index contributed by atoms with van der Waals surface area (Å²) in [6.07, 6.45) is 2.25. The highest BCUT2D eigenvalue weighted by atomic mass is 35.5. The van der Waals surface area contributed by atoms with E-state index in [-0.39, 0.29) is 17.9 Å². The standard InChI is InChI=1S/C20H18ClN3O4/c21-14-10-17-18(28-9-8-27-17)11-16(14)23-19(25)6-3-7-24-12-22-15-5-2-1-4-13(15)20(24)26/h1-2,4-5,10-12H,3,6-9H2,(H,23,25). The van der Waals surface area contributed by atoms with Crippen molar-refractivity contribution in [3.8, 4) is 11.5 Å². The maximum absolute atomic E-state index is 12.5. The van der Waals surface area contributed by atoms with Gasteiger partial charge in [0, 0.05) is 25.1 Å². The van der Waals surface area contributed by atoms with E-state index in [4.69, 9.17) is 21.1 Å². The fourth-order valence-corrected chi connectivity index (χ4v) is 3.25. The van der Waals surface area contributed by atoms with Gasteiger partial charge < -0.3 is 14.8 Å². The number of halogens is 1. The molecule has 0 saturated heterocycles. The average molecular weight is 400 g/mol. The summed E-state index contributed by atoms with van der Waals surface area (Å²) in [5, 5.41) is 3.73. The maximum atomic E-state index is 12.5. The molecule has 8 heteroatoms. The molecule has 0 spiro atoms. The zero-order valence-corrected chi connectivity index (χ0v) is 15.7. The number of nitrogens with zero attached hydrogens (tertiary/aromatic N) is 2. The summed E-state index contributed by atoms with van der Waals surface area (Å²) in [5.41, 5.74) is 1.02. The number of aryl methyl sites for hydroxylation is 1. The van der Waals surface area contributed by atoms with E-state index in [0.717, 1.165) is 0 Å². The lowest BCUT2D eigenvalue weighted by atomic mass is 10.2. The highest BCUT2D eigenvalue weighted by molar-refractivity contribution is 6.34. The van der Waals surface area contributed by atoms with Crippen molar-refractivity contribution in [3.05, 3.63) is 58.1 Å². The van der Waals surface area contributed by atoms with Crippen LogP contribution in [0.2, 0.25) is 5.02 Å². The highest BCUT2D eigenvalue weighted by Crippen LogP contribution is 2.37. The summed E-state index contributed by atoms with van der Waals surface area (Å²) >= 11 is 6.21. The maximum Gasteiger partial charge on any atom is 0.261 e. The van der Waals surface area contributed by atoms with Crippen LogP contribution in [-0.4, -0.2) is 28.7 Å². The molecule has 0 atom stereocenters. The molecule has 28 heavy (non-hydrogen) atoms. The minimum Gasteiger partial charge on any atom is -0.486 e. The normalized spacial score (nSPS) is 12.8. The van der Waals surface area contributed by atoms with Gasteiger partial charge in [-0.05, 0) is 18.6 Å². The minimum absolute atomic E-state index is 0.110. The molecule has 0 radical (unpaired) electrons. The number of amides is 1. The molecule has 1 aromatic heterocycles. The number of nitrogens with one attached hydrogen (secondary N) is 1. The van der Waals surface area contributed by atoms with Crippen LogP contribution in [0.1, 0.15) is 12.8 Å². The van der Waals surface area contributed by atoms with Crippen molar-refractivity contribution in [2.45, 2.75) is 19.4 Å². The van der Waals surface area contributed by atoms with E-state index in [1.54, 1.807) is 30.3 Å². The van der Waals surface area contributed by atoms with E-state index in [1.165, 1.54) is 10.9 Å². The quantitative estimate of drug-likeness (QED) is 0.712. The predicted octanol–water partition coefficient (Wildman–Crippen LogP) is 3.24. The van der Waals surface area contributed by atoms with Gasteiger partial charge in [-0.2, -0.15) is 0 Å². The van der Waals surface area contributed by atoms with Gasteiger partial charge in [0.1, 0.15) is 13.2 Å². The Labute approximate surface area is 165 Å². The van der Waals surface area contributed by atoms with Crippen LogP contribution in [0.25, 0.3) is 10.9 Å². The van der Waals surface area contributed by atoms with Crippen LogP contribution >= 0.6 is 11.6 Å². The zero-order chi connectivity index (χ0) is 19.5. The van der Waals surface area contributed by atoms with Crippen LogP contribution in [0.15, 0.2) is 47.5 Å². The Morgan fingerprint density at radius 2 is 1.93 bits per heavy atom. The van der Waals surface area contributed by atoms with Crippen LogP contribution < -0.4 is 20.3 Å². The van der Waals surface area contributed by atoms with Gasteiger partial charge in [0.25, 0.3) is 5.56 Å². The highest BCUT2D eigenvalue weighted by Gasteiger charge is 2.16. The number of carbonyl (C=O) groups excluding carboxylic acids is 1. The number of anilines is 1. The van der Waals surface area contributed by atoms with Gasteiger partial charge in [-0.15, -0.1) is 0 Å². The molecule has 2 heterocycles. The van der Waals surface area contributed by atoms with Gasteiger partial charge in [0.15, 0.2) is 11.5 Å². The number of rotatable bonds is 5. The first-order valence-electron chi connectivity index (χ1n) is 8.95. The van der Waals surface area contributed by atoms with Gasteiger partial charge in [-0.1, -0.05) is 23.7 Å². The topological polar surface area (TPSA) is 82.5 Å². The minimum atomic E-state index is -0.194. The van der Waals surface area contributed by atoms with Gasteiger partial charge in [-0.3, -0.25) is 14.2 Å². The van der Waals surface area contributed by atoms with Crippen molar-refractivity contribution >= 4 is 34.1 Å². The van der Waals surface area contributed by atoms with E-state index in [2.05, 4.69) is 10.3 Å². The van der Waals surface area contributed by atoms with Gasteiger partial charge in [0.05, 0.1) is 27.9 Å². The summed E-state index contributed by atoms with van der Waals surface area (Å²) in [5.74, 6) is 0.928. The van der Waals surface area contributed by atoms with Gasteiger partial charge >= 0.3 is 0 Å². The second-order valence-electron chi connectivity index (χ2n) is 6.39. The number of carbonyl (C=O) groups is 1. The number of ether oxygens (including phenoxy) is 2. The lowest BCUT2D eigenvalue weighted by Crippen LogP contribution is -2.21. The Hall–Kier alpha value is -3.06. The van der Waals surface area contributed by atoms with Crippen molar-refractivity contribution in [1.82, 2.24) is 9.55 Å². The van der Waals surface area contributed by atoms with E-state index >= 15 is 0 Å². The van der Waals surface area contributed by atoms with Crippen molar-refractivity contribution in [2.75, 3.05) is 18.5 Å². The zero-order valence-electron chi connectivity index (χ0n) is 15.0. The largest absolute Gasteiger partial charge is 0.486 e. The average Bonchev–Trinajstić information content (AvgIpc) is 2.70. The molecule has 1 aliphatic heterocycles. The molecule has 0 unspecified atom stereocenters. The van der Waals surface area contributed by atoms with Crippen LogP contribution in [0.4, 0.5) is 5.69 Å². The van der Waals surface area contributed by atoms with Crippen LogP contribution in [0, 0.1) is 0 Å². The smallest absolute Gasteiger partial charge is 0.261 e. The van der Waals surface area contributed by atoms with Crippen molar-refractivity contribution in [2.24, 2.45) is 0 Å². The molecule has 0 aliphatic carbocycles. The number of hydrogen-bond acceptors (Lipinski definition) is 5. The number of aromatic nitrogens is 2. The van der Waals surface area contributed by atoms with Crippen molar-refractivity contribution < 1.29 is 14.3 Å². The molecule has 1 amide bonds. The number of hydrogen-bond donors (Lipinski definition) is 1. The molecule has 3 aromatic rings. The third kappa shape index (κ3) is 3.80. The third-order valence-electron chi connectivity index (χ3n) is 4.44. The Morgan fingerprint density at radius 3 is 2.75 bits per heavy atom. The molecule has 1 N–H and O–H groups in total. The van der Waals surface area contributed by atoms with Crippen LogP contribution in [0.3, 0.4) is 0 Å². The number of benzene rings is 2. The molecule has 0 bridgehead atoms. The van der Waals surface area contributed by atoms with Gasteiger partial charge in [-0.25, -0.2) is 4.98 Å². The predicted molar refractivity (Wildman–Crippen MR) is 106 cm³/mol. The lowest BCUT2D eigenvalue weighted by molar-refractivity contribution is -0.116. The molecule has 7 nitrogen and oxygen atoms in total. The van der Waals surface area contributed by atoms with Crippen molar-refractivity contribution in [1.29, 1.82) is 0 Å². The second-order valence-corrected chi connectivity index (χ2v) is 6.79. The molecule has 1 aliphatic rings. The summed E-state index contributed by atoms with van der Waals surface area (Å²) in [6.45, 7) is 1.33. The molecule has 0 fully saturated rings. The summed E-state index contributed by atoms with van der Waals surface area (Å²) in [6, 6.07) is 10.5. The molecule has 144 valence electrons. The SMILES string of the molecule is O=C(CCCn1cnc2ccccc2c1=O)Nc1cc2c(cc1Cl)OCCO2. The molecular weight excluding hydrogens is 382 g/mol. The van der Waals surface area contributed by atoms with E-state index in [0.29, 0.717) is 59.3 Å². The Morgan fingerprint density at radius 1 is 1.18 bits per heavy atom. The molecular formula is C20H18ClN3O4. The van der Waals surface area contributed by atoms with Crippen LogP contribution in [-0.2, 0) is 11.3 Å². The number of fused-ring (bicyclic) bond motifs is 2. The fourth-order valence-electron chi connectivity index (χ4n) is 3.05. The van der Waals surface area contributed by atoms with E-state index < -0.39 is 0 Å². The van der Waals surface area contributed by atoms with Gasteiger partial charge in [0.2, 0.25) is 5.91 Å². The fraction of sp³-hybridized carbons (Fsp3) is 0.250. The first-order chi connectivity index (χ1) is 13.6. The second kappa shape index (κ2) is 7.90. The Balaban J connectivity index is 1.38.